The lowest BCUT2D eigenvalue weighted by atomic mass is 10.0. The highest BCUT2D eigenvalue weighted by Crippen LogP contribution is 2.38. The number of ether oxygens (including phenoxy) is 3. The number of nitrogens with zero attached hydrogens (tertiary/aromatic N) is 2. The van der Waals surface area contributed by atoms with E-state index in [1.807, 2.05) is 0 Å². The predicted molar refractivity (Wildman–Crippen MR) is 165 cm³/mol. The minimum atomic E-state index is -4.03. The quantitative estimate of drug-likeness (QED) is 0.204. The van der Waals surface area contributed by atoms with E-state index in [9.17, 15) is 30.4 Å². The normalized spacial score (nSPS) is 14.1. The summed E-state index contributed by atoms with van der Waals surface area (Å²) in [5.74, 6) is -0.891. The molecule has 2 aromatic carbocycles. The first-order valence-electron chi connectivity index (χ1n) is 13.3. The number of halogens is 4. The first-order chi connectivity index (χ1) is 21.1. The average molecular weight is 709 g/mol. The van der Waals surface area contributed by atoms with Crippen molar-refractivity contribution in [2.75, 3.05) is 34.7 Å². The molecule has 0 spiro atoms. The molecule has 0 radical (unpaired) electrons. The van der Waals surface area contributed by atoms with Crippen LogP contribution in [-0.2, 0) is 36.0 Å². The van der Waals surface area contributed by atoms with Gasteiger partial charge in [0.15, 0.2) is 11.5 Å². The number of aromatic nitrogens is 1. The molecule has 1 aromatic heterocycles. The van der Waals surface area contributed by atoms with Crippen molar-refractivity contribution in [1.29, 1.82) is 0 Å². The molecule has 4 rings (SSSR count). The van der Waals surface area contributed by atoms with Gasteiger partial charge in [0.05, 0.1) is 34.9 Å². The Bertz CT molecular complexity index is 1720. The zero-order chi connectivity index (χ0) is 32.9. The second kappa shape index (κ2) is 14.4. The molecule has 244 valence electrons. The summed E-state index contributed by atoms with van der Waals surface area (Å²) < 4.78 is 93.9. The zero-order valence-corrected chi connectivity index (χ0v) is 27.1. The van der Waals surface area contributed by atoms with Crippen LogP contribution >= 0.6 is 23.2 Å². The van der Waals surface area contributed by atoms with E-state index in [0.717, 1.165) is 29.7 Å². The fraction of sp³-hybridized carbons (Fsp3) is 0.357. The van der Waals surface area contributed by atoms with Crippen LogP contribution in [0.25, 0.3) is 0 Å². The third kappa shape index (κ3) is 10.3. The fourth-order valence-corrected chi connectivity index (χ4v) is 6.12. The molecule has 0 aliphatic heterocycles. The third-order valence-corrected chi connectivity index (χ3v) is 8.87. The van der Waals surface area contributed by atoms with Gasteiger partial charge in [-0.15, -0.1) is 0 Å². The molecule has 1 aliphatic rings. The fourth-order valence-electron chi connectivity index (χ4n) is 4.19. The van der Waals surface area contributed by atoms with Crippen LogP contribution in [0.3, 0.4) is 0 Å². The molecule has 17 heteroatoms. The van der Waals surface area contributed by atoms with Crippen LogP contribution in [0, 0.1) is 5.92 Å². The number of hydrogen-bond acceptors (Lipinski definition) is 9. The summed E-state index contributed by atoms with van der Waals surface area (Å²) in [6.45, 7) is -3.60. The van der Waals surface area contributed by atoms with Crippen molar-refractivity contribution in [3.63, 3.8) is 0 Å². The molecular weight excluding hydrogens is 679 g/mol. The monoisotopic (exact) mass is 707 g/mol. The van der Waals surface area contributed by atoms with Gasteiger partial charge in [0, 0.05) is 24.5 Å². The van der Waals surface area contributed by atoms with Crippen LogP contribution in [0.4, 0.5) is 20.2 Å². The highest BCUT2D eigenvalue weighted by Gasteiger charge is 2.28. The summed E-state index contributed by atoms with van der Waals surface area (Å²) in [7, 11) is -7.61. The van der Waals surface area contributed by atoms with Crippen molar-refractivity contribution >= 4 is 60.6 Å². The van der Waals surface area contributed by atoms with Crippen LogP contribution in [-0.4, -0.2) is 60.1 Å². The molecule has 45 heavy (non-hydrogen) atoms. The largest absolute Gasteiger partial charge is 0.489 e. The Kier molecular flexibility index (Phi) is 11.0. The zero-order valence-electron chi connectivity index (χ0n) is 24.0. The van der Waals surface area contributed by atoms with Crippen LogP contribution in [0.2, 0.25) is 10.0 Å². The lowest BCUT2D eigenvalue weighted by Crippen LogP contribution is -2.36. The van der Waals surface area contributed by atoms with Crippen LogP contribution < -0.4 is 18.5 Å². The summed E-state index contributed by atoms with van der Waals surface area (Å²) >= 11 is 12.7. The molecule has 1 saturated carbocycles. The predicted octanol–water partition coefficient (Wildman–Crippen LogP) is 5.44. The molecule has 0 unspecified atom stereocenters. The second-order valence-corrected chi connectivity index (χ2v) is 14.8. The molecule has 1 N–H and O–H groups in total. The van der Waals surface area contributed by atoms with E-state index < -0.39 is 45.3 Å². The smallest absolute Gasteiger partial charge is 0.387 e. The van der Waals surface area contributed by atoms with E-state index in [4.69, 9.17) is 32.7 Å². The van der Waals surface area contributed by atoms with Crippen molar-refractivity contribution < 1.29 is 44.6 Å². The number of esters is 1. The molecule has 1 atom stereocenters. The lowest BCUT2D eigenvalue weighted by Gasteiger charge is -2.25. The number of carbonyl (C=O) groups is 1. The van der Waals surface area contributed by atoms with E-state index in [1.54, 1.807) is 0 Å². The summed E-state index contributed by atoms with van der Waals surface area (Å²) in [5.41, 5.74) is 0.923. The topological polar surface area (TPSA) is 141 Å². The molecule has 0 amide bonds. The Morgan fingerprint density at radius 3 is 2.22 bits per heavy atom. The van der Waals surface area contributed by atoms with Gasteiger partial charge in [-0.1, -0.05) is 29.3 Å². The number of rotatable bonds is 15. The Labute approximate surface area is 269 Å². The number of benzene rings is 2. The maximum Gasteiger partial charge on any atom is 0.387 e. The van der Waals surface area contributed by atoms with E-state index in [0.29, 0.717) is 11.1 Å². The van der Waals surface area contributed by atoms with Gasteiger partial charge in [0.1, 0.15) is 12.6 Å². The van der Waals surface area contributed by atoms with Crippen molar-refractivity contribution in [2.24, 2.45) is 5.92 Å². The Balaban J connectivity index is 1.64. The number of carbonyl (C=O) groups excluding carboxylic acids is 1. The first kappa shape index (κ1) is 34.5. The van der Waals surface area contributed by atoms with Crippen LogP contribution in [0.5, 0.6) is 11.5 Å². The molecule has 1 heterocycles. The lowest BCUT2D eigenvalue weighted by molar-refractivity contribution is -0.147. The number of hydrogen-bond donors (Lipinski definition) is 1. The summed E-state index contributed by atoms with van der Waals surface area (Å²) in [5, 5.41) is 0.346. The minimum Gasteiger partial charge on any atom is -0.489 e. The van der Waals surface area contributed by atoms with E-state index in [2.05, 4.69) is 14.4 Å². The summed E-state index contributed by atoms with van der Waals surface area (Å²) in [6.07, 6.45) is 5.20. The first-order valence-corrected chi connectivity index (χ1v) is 17.8. The molecule has 11 nitrogen and oxygen atoms in total. The van der Waals surface area contributed by atoms with Gasteiger partial charge < -0.3 is 14.2 Å². The van der Waals surface area contributed by atoms with Crippen molar-refractivity contribution in [3.8, 4) is 11.5 Å². The summed E-state index contributed by atoms with van der Waals surface area (Å²) in [4.78, 5) is 17.3. The van der Waals surface area contributed by atoms with Gasteiger partial charge in [0.25, 0.3) is 0 Å². The summed E-state index contributed by atoms with van der Waals surface area (Å²) in [6, 6.07) is 9.38. The van der Waals surface area contributed by atoms with Crippen molar-refractivity contribution in [3.05, 3.63) is 76.0 Å². The number of sulfonamides is 2. The molecule has 1 aliphatic carbocycles. The van der Waals surface area contributed by atoms with Gasteiger partial charge in [-0.3, -0.25) is 18.8 Å². The van der Waals surface area contributed by atoms with E-state index in [-0.39, 0.29) is 51.9 Å². The second-order valence-electron chi connectivity index (χ2n) is 10.3. The maximum atomic E-state index is 13.3. The average Bonchev–Trinajstić information content (AvgIpc) is 3.76. The van der Waals surface area contributed by atoms with Gasteiger partial charge in [0.2, 0.25) is 20.0 Å². The molecular formula is C28H29Cl2F2N3O8S2. The standard InChI is InChI=1S/C28H29Cl2F2N3O8S2/c1-44(37,38)34-19-6-8-20(9-7-19)35(45(2,39)40)15-27(36)42-25(12-21-22(29)13-33-14-23(21)30)18-5-10-24(43-28(31)32)26(11-18)41-16-17-3-4-17/h5-11,13-14,17,25,28,34H,3-4,12,15-16H2,1-2H3/t25-/m0/s1. The van der Waals surface area contributed by atoms with Crippen molar-refractivity contribution in [1.82, 2.24) is 4.98 Å². The number of alkyl halides is 2. The minimum absolute atomic E-state index is 0.00762. The molecule has 0 saturated heterocycles. The SMILES string of the molecule is CS(=O)(=O)Nc1ccc(N(CC(=O)O[C@@H](Cc2c(Cl)cncc2Cl)c2ccc(OC(F)F)c(OCC3CC3)c2)S(C)(=O)=O)cc1. The molecule has 1 fully saturated rings. The maximum absolute atomic E-state index is 13.3. The van der Waals surface area contributed by atoms with E-state index in [1.165, 1.54) is 54.9 Å². The van der Waals surface area contributed by atoms with E-state index >= 15 is 0 Å². The molecule has 0 bridgehead atoms. The van der Waals surface area contributed by atoms with Crippen LogP contribution in [0.15, 0.2) is 54.9 Å². The van der Waals surface area contributed by atoms with Gasteiger partial charge in [-0.05, 0) is 66.3 Å². The van der Waals surface area contributed by atoms with Gasteiger partial charge in [-0.2, -0.15) is 8.78 Å². The molecule has 3 aromatic rings. The Morgan fingerprint density at radius 2 is 1.67 bits per heavy atom. The number of pyridine rings is 1. The Hall–Kier alpha value is -3.40. The highest BCUT2D eigenvalue weighted by atomic mass is 35.5. The van der Waals surface area contributed by atoms with Gasteiger partial charge in [-0.25, -0.2) is 16.8 Å². The number of anilines is 2. The number of nitrogens with one attached hydrogen (secondary N) is 1. The Morgan fingerprint density at radius 1 is 1.02 bits per heavy atom. The van der Waals surface area contributed by atoms with Gasteiger partial charge >= 0.3 is 12.6 Å². The van der Waals surface area contributed by atoms with Crippen LogP contribution in [0.1, 0.15) is 30.1 Å². The third-order valence-electron chi connectivity index (χ3n) is 6.47. The van der Waals surface area contributed by atoms with Crippen molar-refractivity contribution in [2.45, 2.75) is 32.0 Å². The highest BCUT2D eigenvalue weighted by molar-refractivity contribution is 7.92.